The van der Waals surface area contributed by atoms with Crippen LogP contribution in [0, 0.1) is 10.1 Å². The zero-order valence-electron chi connectivity index (χ0n) is 11.6. The summed E-state index contributed by atoms with van der Waals surface area (Å²) >= 11 is 1.32. The molecule has 0 aliphatic rings. The minimum atomic E-state index is -0.443. The summed E-state index contributed by atoms with van der Waals surface area (Å²) in [5, 5.41) is 20.7. The Kier molecular flexibility index (Phi) is 3.80. The first kappa shape index (κ1) is 14.2. The van der Waals surface area contributed by atoms with Gasteiger partial charge in [0.1, 0.15) is 10.8 Å². The van der Waals surface area contributed by atoms with E-state index in [1.807, 2.05) is 30.3 Å². The molecule has 110 valence electrons. The number of nitro groups is 1. The van der Waals surface area contributed by atoms with Crippen molar-refractivity contribution in [2.45, 2.75) is 0 Å². The van der Waals surface area contributed by atoms with Crippen molar-refractivity contribution in [2.24, 2.45) is 0 Å². The molecule has 0 aliphatic carbocycles. The minimum absolute atomic E-state index is 0.0462. The van der Waals surface area contributed by atoms with Crippen LogP contribution in [-0.4, -0.2) is 22.2 Å². The normalized spacial score (nSPS) is 10.4. The summed E-state index contributed by atoms with van der Waals surface area (Å²) in [6.45, 7) is 0. The molecule has 1 aromatic heterocycles. The molecule has 3 rings (SSSR count). The zero-order valence-corrected chi connectivity index (χ0v) is 12.4. The largest absolute Gasteiger partial charge is 0.497 e. The molecule has 0 bridgehead atoms. The second kappa shape index (κ2) is 5.90. The SMILES string of the molecule is COc1ccc(-c2nnc(-c3ccccc3)s2)c([N+](=O)[O-])c1. The number of aromatic nitrogens is 2. The van der Waals surface area contributed by atoms with Crippen LogP contribution in [0.4, 0.5) is 5.69 Å². The summed E-state index contributed by atoms with van der Waals surface area (Å²) in [5.74, 6) is 0.434. The van der Waals surface area contributed by atoms with Crippen molar-refractivity contribution >= 4 is 17.0 Å². The van der Waals surface area contributed by atoms with E-state index in [4.69, 9.17) is 4.74 Å². The fourth-order valence-electron chi connectivity index (χ4n) is 2.00. The van der Waals surface area contributed by atoms with Gasteiger partial charge >= 0.3 is 0 Å². The van der Waals surface area contributed by atoms with Crippen molar-refractivity contribution < 1.29 is 9.66 Å². The Labute approximate surface area is 130 Å². The van der Waals surface area contributed by atoms with E-state index in [2.05, 4.69) is 10.2 Å². The molecule has 0 unspecified atom stereocenters. The highest BCUT2D eigenvalue weighted by Gasteiger charge is 2.20. The van der Waals surface area contributed by atoms with Gasteiger partial charge in [-0.15, -0.1) is 10.2 Å². The lowest BCUT2D eigenvalue weighted by Crippen LogP contribution is -1.93. The van der Waals surface area contributed by atoms with Gasteiger partial charge < -0.3 is 4.74 Å². The van der Waals surface area contributed by atoms with Crippen LogP contribution < -0.4 is 4.74 Å². The number of nitro benzene ring substituents is 1. The number of methoxy groups -OCH3 is 1. The topological polar surface area (TPSA) is 78.2 Å². The Hall–Kier alpha value is -2.80. The summed E-state index contributed by atoms with van der Waals surface area (Å²) in [5.41, 5.74) is 1.32. The maximum Gasteiger partial charge on any atom is 0.283 e. The van der Waals surface area contributed by atoms with Gasteiger partial charge in [0.2, 0.25) is 0 Å². The summed E-state index contributed by atoms with van der Waals surface area (Å²) < 4.78 is 5.03. The first-order chi connectivity index (χ1) is 10.7. The van der Waals surface area contributed by atoms with E-state index in [1.54, 1.807) is 12.1 Å². The zero-order chi connectivity index (χ0) is 15.5. The highest BCUT2D eigenvalue weighted by molar-refractivity contribution is 7.18. The third-order valence-corrected chi connectivity index (χ3v) is 4.08. The molecule has 1 heterocycles. The average molecular weight is 313 g/mol. The van der Waals surface area contributed by atoms with Crippen LogP contribution in [0.5, 0.6) is 5.75 Å². The molecule has 0 N–H and O–H groups in total. The molecule has 0 saturated carbocycles. The lowest BCUT2D eigenvalue weighted by molar-refractivity contribution is -0.384. The fourth-order valence-corrected chi connectivity index (χ4v) is 2.88. The van der Waals surface area contributed by atoms with E-state index < -0.39 is 4.92 Å². The summed E-state index contributed by atoms with van der Waals surface area (Å²) in [6.07, 6.45) is 0. The lowest BCUT2D eigenvalue weighted by atomic mass is 10.2. The first-order valence-corrected chi connectivity index (χ1v) is 7.22. The Morgan fingerprint density at radius 2 is 1.82 bits per heavy atom. The molecule has 22 heavy (non-hydrogen) atoms. The van der Waals surface area contributed by atoms with Crippen molar-refractivity contribution in [2.75, 3.05) is 7.11 Å². The number of benzene rings is 2. The van der Waals surface area contributed by atoms with Gasteiger partial charge in [-0.1, -0.05) is 41.7 Å². The molecule has 3 aromatic rings. The number of nitrogens with zero attached hydrogens (tertiary/aromatic N) is 3. The fraction of sp³-hybridized carbons (Fsp3) is 0.0667. The van der Waals surface area contributed by atoms with Gasteiger partial charge in [-0.3, -0.25) is 10.1 Å². The molecular formula is C15H11N3O3S. The summed E-state index contributed by atoms with van der Waals surface area (Å²) in [6, 6.07) is 14.3. The summed E-state index contributed by atoms with van der Waals surface area (Å²) in [7, 11) is 1.47. The number of rotatable bonds is 4. The second-order valence-electron chi connectivity index (χ2n) is 4.42. The van der Waals surface area contributed by atoms with Gasteiger partial charge in [0.15, 0.2) is 5.01 Å². The quantitative estimate of drug-likeness (QED) is 0.541. The predicted octanol–water partition coefficient (Wildman–Crippen LogP) is 3.79. The average Bonchev–Trinajstić information content (AvgIpc) is 3.05. The van der Waals surface area contributed by atoms with E-state index in [0.29, 0.717) is 16.3 Å². The smallest absolute Gasteiger partial charge is 0.283 e. The van der Waals surface area contributed by atoms with Crippen molar-refractivity contribution in [3.63, 3.8) is 0 Å². The first-order valence-electron chi connectivity index (χ1n) is 6.41. The minimum Gasteiger partial charge on any atom is -0.497 e. The Morgan fingerprint density at radius 3 is 2.50 bits per heavy atom. The Morgan fingerprint density at radius 1 is 1.09 bits per heavy atom. The van der Waals surface area contributed by atoms with Crippen LogP contribution >= 0.6 is 11.3 Å². The van der Waals surface area contributed by atoms with E-state index in [1.165, 1.54) is 24.5 Å². The van der Waals surface area contributed by atoms with Gasteiger partial charge in [-0.2, -0.15) is 0 Å². The maximum absolute atomic E-state index is 11.2. The maximum atomic E-state index is 11.2. The molecule has 0 fully saturated rings. The van der Waals surface area contributed by atoms with E-state index in [9.17, 15) is 10.1 Å². The van der Waals surface area contributed by atoms with Crippen molar-refractivity contribution in [1.82, 2.24) is 10.2 Å². The van der Waals surface area contributed by atoms with Crippen LogP contribution in [0.3, 0.4) is 0 Å². The molecule has 0 radical (unpaired) electrons. The standard InChI is InChI=1S/C15H11N3O3S/c1-21-11-7-8-12(13(9-11)18(19)20)15-17-16-14(22-15)10-5-3-2-4-6-10/h2-9H,1H3. The third-order valence-electron chi connectivity index (χ3n) is 3.08. The lowest BCUT2D eigenvalue weighted by Gasteiger charge is -2.02. The van der Waals surface area contributed by atoms with Crippen LogP contribution in [0.15, 0.2) is 48.5 Å². The number of hydrogen-bond donors (Lipinski definition) is 0. The molecule has 0 atom stereocenters. The molecule has 0 aliphatic heterocycles. The Bertz CT molecular complexity index is 818. The monoisotopic (exact) mass is 313 g/mol. The third kappa shape index (κ3) is 2.66. The Balaban J connectivity index is 2.05. The predicted molar refractivity (Wildman–Crippen MR) is 84.0 cm³/mol. The second-order valence-corrected chi connectivity index (χ2v) is 5.40. The van der Waals surface area contributed by atoms with Crippen LogP contribution in [0.1, 0.15) is 0 Å². The van der Waals surface area contributed by atoms with E-state index in [-0.39, 0.29) is 5.69 Å². The van der Waals surface area contributed by atoms with Crippen molar-refractivity contribution in [1.29, 1.82) is 0 Å². The van der Waals surface area contributed by atoms with E-state index >= 15 is 0 Å². The van der Waals surface area contributed by atoms with Gasteiger partial charge in [0, 0.05) is 5.56 Å². The van der Waals surface area contributed by atoms with Crippen LogP contribution in [-0.2, 0) is 0 Å². The number of ether oxygens (including phenoxy) is 1. The molecule has 0 spiro atoms. The molecule has 0 amide bonds. The number of hydrogen-bond acceptors (Lipinski definition) is 6. The van der Waals surface area contributed by atoms with Crippen LogP contribution in [0.25, 0.3) is 21.1 Å². The van der Waals surface area contributed by atoms with Crippen molar-refractivity contribution in [3.8, 4) is 26.9 Å². The highest BCUT2D eigenvalue weighted by atomic mass is 32.1. The van der Waals surface area contributed by atoms with E-state index in [0.717, 1.165) is 10.6 Å². The molecular weight excluding hydrogens is 302 g/mol. The van der Waals surface area contributed by atoms with Crippen molar-refractivity contribution in [3.05, 3.63) is 58.6 Å². The van der Waals surface area contributed by atoms with Gasteiger partial charge in [0.25, 0.3) is 5.69 Å². The van der Waals surface area contributed by atoms with Gasteiger partial charge in [0.05, 0.1) is 23.7 Å². The highest BCUT2D eigenvalue weighted by Crippen LogP contribution is 2.36. The van der Waals surface area contributed by atoms with Gasteiger partial charge in [-0.05, 0) is 12.1 Å². The molecule has 6 nitrogen and oxygen atoms in total. The molecule has 7 heteroatoms. The molecule has 0 saturated heterocycles. The molecule has 2 aromatic carbocycles. The van der Waals surface area contributed by atoms with Gasteiger partial charge in [-0.25, -0.2) is 0 Å². The van der Waals surface area contributed by atoms with Crippen LogP contribution in [0.2, 0.25) is 0 Å². The summed E-state index contributed by atoms with van der Waals surface area (Å²) in [4.78, 5) is 10.8.